The molecule has 1 spiro atoms. The molecule has 2 heterocycles. The quantitative estimate of drug-likeness (QED) is 0.633. The summed E-state index contributed by atoms with van der Waals surface area (Å²) in [6.07, 6.45) is 9.45. The molecule has 4 heteroatoms. The van der Waals surface area contributed by atoms with E-state index in [1.807, 2.05) is 0 Å². The van der Waals surface area contributed by atoms with E-state index in [0.29, 0.717) is 19.6 Å². The lowest BCUT2D eigenvalue weighted by atomic mass is 9.75. The molecule has 140 valence electrons. The molecule has 0 aromatic rings. The third kappa shape index (κ3) is 4.51. The zero-order chi connectivity index (χ0) is 17.8. The van der Waals surface area contributed by atoms with Gasteiger partial charge in [0.2, 0.25) is 5.91 Å². The highest BCUT2D eigenvalue weighted by molar-refractivity contribution is 5.78. The number of rotatable bonds is 7. The van der Waals surface area contributed by atoms with Crippen molar-refractivity contribution in [1.82, 2.24) is 4.90 Å². The highest BCUT2D eigenvalue weighted by atomic mass is 16.7. The predicted molar refractivity (Wildman–Crippen MR) is 96.9 cm³/mol. The molecular formula is C20H37NO3. The number of likely N-dealkylation sites (tertiary alicyclic amines) is 1. The molecule has 2 aliphatic heterocycles. The van der Waals surface area contributed by atoms with Gasteiger partial charge in [-0.1, -0.05) is 39.0 Å². The van der Waals surface area contributed by atoms with Gasteiger partial charge in [-0.15, -0.1) is 0 Å². The van der Waals surface area contributed by atoms with Gasteiger partial charge in [-0.05, 0) is 34.1 Å². The van der Waals surface area contributed by atoms with Crippen LogP contribution in [0.1, 0.15) is 92.4 Å². The Bertz CT molecular complexity index is 405. The topological polar surface area (TPSA) is 38.8 Å². The molecule has 0 N–H and O–H groups in total. The SMILES string of the molecule is CCCCCCCCC(=O)N1C(C)(C)CC2(CC1(C)C)OCCO2. The first-order chi connectivity index (χ1) is 11.2. The Morgan fingerprint density at radius 3 is 1.92 bits per heavy atom. The first kappa shape index (κ1) is 19.7. The maximum Gasteiger partial charge on any atom is 0.223 e. The fourth-order valence-corrected chi connectivity index (χ4v) is 4.90. The van der Waals surface area contributed by atoms with E-state index in [1.54, 1.807) is 0 Å². The summed E-state index contributed by atoms with van der Waals surface area (Å²) in [5.74, 6) is -0.211. The highest BCUT2D eigenvalue weighted by Crippen LogP contribution is 2.47. The molecule has 2 saturated heterocycles. The largest absolute Gasteiger partial charge is 0.347 e. The normalized spacial score (nSPS) is 24.5. The van der Waals surface area contributed by atoms with Crippen molar-refractivity contribution in [3.63, 3.8) is 0 Å². The van der Waals surface area contributed by atoms with E-state index < -0.39 is 5.79 Å². The van der Waals surface area contributed by atoms with Crippen LogP contribution in [0.2, 0.25) is 0 Å². The third-order valence-electron chi connectivity index (χ3n) is 5.42. The Kier molecular flexibility index (Phi) is 6.35. The fourth-order valence-electron chi connectivity index (χ4n) is 4.90. The van der Waals surface area contributed by atoms with E-state index in [2.05, 4.69) is 39.5 Å². The minimum atomic E-state index is -0.496. The van der Waals surface area contributed by atoms with Crippen LogP contribution in [0.15, 0.2) is 0 Å². The van der Waals surface area contributed by atoms with Crippen LogP contribution >= 0.6 is 0 Å². The van der Waals surface area contributed by atoms with Gasteiger partial charge in [0.1, 0.15) is 0 Å². The molecule has 4 nitrogen and oxygen atoms in total. The number of unbranched alkanes of at least 4 members (excludes halogenated alkanes) is 5. The van der Waals surface area contributed by atoms with Crippen molar-refractivity contribution < 1.29 is 14.3 Å². The number of carbonyl (C=O) groups is 1. The van der Waals surface area contributed by atoms with Crippen LogP contribution in [0, 0.1) is 0 Å². The molecule has 0 unspecified atom stereocenters. The van der Waals surface area contributed by atoms with Crippen LogP contribution < -0.4 is 0 Å². The number of hydrogen-bond donors (Lipinski definition) is 0. The molecule has 0 bridgehead atoms. The Morgan fingerprint density at radius 1 is 0.875 bits per heavy atom. The van der Waals surface area contributed by atoms with Crippen LogP contribution in [0.5, 0.6) is 0 Å². The summed E-state index contributed by atoms with van der Waals surface area (Å²) in [6, 6.07) is 0. The molecule has 0 radical (unpaired) electrons. The summed E-state index contributed by atoms with van der Waals surface area (Å²) in [5, 5.41) is 0. The van der Waals surface area contributed by atoms with E-state index in [9.17, 15) is 4.79 Å². The first-order valence-corrected chi connectivity index (χ1v) is 9.84. The molecule has 2 fully saturated rings. The van der Waals surface area contributed by atoms with Crippen molar-refractivity contribution in [2.45, 2.75) is 109 Å². The van der Waals surface area contributed by atoms with Gasteiger partial charge in [0, 0.05) is 30.3 Å². The Hall–Kier alpha value is -0.610. The summed E-state index contributed by atoms with van der Waals surface area (Å²) in [6.45, 7) is 12.2. The molecule has 0 aliphatic carbocycles. The smallest absolute Gasteiger partial charge is 0.223 e. The molecule has 1 amide bonds. The fraction of sp³-hybridized carbons (Fsp3) is 0.950. The number of hydrogen-bond acceptors (Lipinski definition) is 3. The second kappa shape index (κ2) is 7.74. The van der Waals surface area contributed by atoms with Gasteiger partial charge >= 0.3 is 0 Å². The predicted octanol–water partition coefficient (Wildman–Crippen LogP) is 4.66. The maximum absolute atomic E-state index is 13.0. The summed E-state index contributed by atoms with van der Waals surface area (Å²) in [5.41, 5.74) is -0.489. The van der Waals surface area contributed by atoms with Crippen LogP contribution in [0.25, 0.3) is 0 Å². The van der Waals surface area contributed by atoms with Gasteiger partial charge in [0.15, 0.2) is 5.79 Å². The lowest BCUT2D eigenvalue weighted by molar-refractivity contribution is -0.237. The Balaban J connectivity index is 1.94. The minimum absolute atomic E-state index is 0.245. The summed E-state index contributed by atoms with van der Waals surface area (Å²) in [7, 11) is 0. The van der Waals surface area contributed by atoms with Gasteiger partial charge in [0.05, 0.1) is 13.2 Å². The molecule has 2 aliphatic rings. The summed E-state index contributed by atoms with van der Waals surface area (Å²) >= 11 is 0. The van der Waals surface area contributed by atoms with Gasteiger partial charge in [-0.25, -0.2) is 0 Å². The molecule has 24 heavy (non-hydrogen) atoms. The zero-order valence-electron chi connectivity index (χ0n) is 16.5. The van der Waals surface area contributed by atoms with Crippen LogP contribution in [0.3, 0.4) is 0 Å². The van der Waals surface area contributed by atoms with Gasteiger partial charge in [-0.3, -0.25) is 4.79 Å². The lowest BCUT2D eigenvalue weighted by Crippen LogP contribution is -2.67. The molecule has 0 atom stereocenters. The Morgan fingerprint density at radius 2 is 1.38 bits per heavy atom. The first-order valence-electron chi connectivity index (χ1n) is 9.84. The number of carbonyl (C=O) groups excluding carboxylic acids is 1. The molecule has 0 aromatic carbocycles. The maximum atomic E-state index is 13.0. The Labute approximate surface area is 148 Å². The number of amides is 1. The van der Waals surface area contributed by atoms with Crippen molar-refractivity contribution in [3.8, 4) is 0 Å². The van der Waals surface area contributed by atoms with Crippen molar-refractivity contribution in [1.29, 1.82) is 0 Å². The third-order valence-corrected chi connectivity index (χ3v) is 5.42. The van der Waals surface area contributed by atoms with E-state index in [4.69, 9.17) is 9.47 Å². The van der Waals surface area contributed by atoms with E-state index >= 15 is 0 Å². The lowest BCUT2D eigenvalue weighted by Gasteiger charge is -2.57. The van der Waals surface area contributed by atoms with Crippen LogP contribution in [-0.2, 0) is 14.3 Å². The standard InChI is InChI=1S/C20H37NO3/c1-6-7-8-9-10-11-12-17(22)21-18(2,3)15-20(16-19(21,4)5)23-13-14-24-20/h6-16H2,1-5H3. The zero-order valence-corrected chi connectivity index (χ0v) is 16.5. The van der Waals surface area contributed by atoms with Crippen molar-refractivity contribution in [2.24, 2.45) is 0 Å². The van der Waals surface area contributed by atoms with E-state index in [-0.39, 0.29) is 17.0 Å². The highest BCUT2D eigenvalue weighted by Gasteiger charge is 2.56. The second-order valence-electron chi connectivity index (χ2n) is 8.83. The number of piperidine rings is 1. The molecule has 0 aromatic heterocycles. The summed E-state index contributed by atoms with van der Waals surface area (Å²) < 4.78 is 11.9. The van der Waals surface area contributed by atoms with Gasteiger partial charge < -0.3 is 14.4 Å². The van der Waals surface area contributed by atoms with Gasteiger partial charge in [0.25, 0.3) is 0 Å². The van der Waals surface area contributed by atoms with E-state index in [1.165, 1.54) is 25.7 Å². The molecule has 2 rings (SSSR count). The van der Waals surface area contributed by atoms with Crippen LogP contribution in [0.4, 0.5) is 0 Å². The average Bonchev–Trinajstić information content (AvgIpc) is 2.86. The molecular weight excluding hydrogens is 302 g/mol. The monoisotopic (exact) mass is 339 g/mol. The minimum Gasteiger partial charge on any atom is -0.347 e. The number of nitrogens with zero attached hydrogens (tertiary/aromatic N) is 1. The molecule has 0 saturated carbocycles. The summed E-state index contributed by atoms with van der Waals surface area (Å²) in [4.78, 5) is 15.1. The van der Waals surface area contributed by atoms with Crippen molar-refractivity contribution >= 4 is 5.91 Å². The van der Waals surface area contributed by atoms with Crippen molar-refractivity contribution in [3.05, 3.63) is 0 Å². The number of ether oxygens (including phenoxy) is 2. The van der Waals surface area contributed by atoms with E-state index in [0.717, 1.165) is 25.7 Å². The van der Waals surface area contributed by atoms with Crippen molar-refractivity contribution in [2.75, 3.05) is 13.2 Å². The second-order valence-corrected chi connectivity index (χ2v) is 8.83. The van der Waals surface area contributed by atoms with Gasteiger partial charge in [-0.2, -0.15) is 0 Å². The van der Waals surface area contributed by atoms with Crippen LogP contribution in [-0.4, -0.2) is 40.9 Å². The average molecular weight is 340 g/mol.